The highest BCUT2D eigenvalue weighted by atomic mass is 35.5. The molecule has 0 fully saturated rings. The van der Waals surface area contributed by atoms with Crippen molar-refractivity contribution in [2.24, 2.45) is 0 Å². The fraction of sp³-hybridized carbons (Fsp3) is 0. The van der Waals surface area contributed by atoms with E-state index in [1.807, 2.05) is 6.07 Å². The number of benzene rings is 1. The highest BCUT2D eigenvalue weighted by Gasteiger charge is 1.98. The minimum absolute atomic E-state index is 0.439. The zero-order valence-electron chi connectivity index (χ0n) is 5.30. The highest BCUT2D eigenvalue weighted by Crippen LogP contribution is 2.05. The molecule has 0 aromatic heterocycles. The number of carbonyl (C=O) groups is 1. The predicted octanol–water partition coefficient (Wildman–Crippen LogP) is 2.25. The van der Waals surface area contributed by atoms with E-state index >= 15 is 0 Å². The summed E-state index contributed by atoms with van der Waals surface area (Å²) >= 11 is 5.21. The molecule has 1 radical (unpaired) electrons. The number of halogens is 1. The Labute approximate surface area is 64.6 Å². The van der Waals surface area contributed by atoms with Gasteiger partial charge in [0.15, 0.2) is 0 Å². The summed E-state index contributed by atoms with van der Waals surface area (Å²) < 4.78 is 0. The van der Waals surface area contributed by atoms with Crippen molar-refractivity contribution in [3.8, 4) is 0 Å². The quantitative estimate of drug-likeness (QED) is 0.566. The lowest BCUT2D eigenvalue weighted by Gasteiger charge is -1.93. The van der Waals surface area contributed by atoms with E-state index in [1.165, 1.54) is 0 Å². The Balaban J connectivity index is 3.07. The SMILES string of the molecule is [CH2]c1cccc(C(=O)Cl)c1. The average Bonchev–Trinajstić information content (AvgIpc) is 1.88. The number of hydrogen-bond acceptors (Lipinski definition) is 1. The van der Waals surface area contributed by atoms with E-state index in [1.54, 1.807) is 18.2 Å². The largest absolute Gasteiger partial charge is 0.276 e. The summed E-state index contributed by atoms with van der Waals surface area (Å²) in [4.78, 5) is 10.5. The lowest BCUT2D eigenvalue weighted by atomic mass is 10.2. The van der Waals surface area contributed by atoms with Gasteiger partial charge in [0.25, 0.3) is 5.24 Å². The van der Waals surface area contributed by atoms with Gasteiger partial charge in [0, 0.05) is 5.56 Å². The minimum atomic E-state index is -0.439. The van der Waals surface area contributed by atoms with Crippen LogP contribution in [-0.2, 0) is 0 Å². The molecule has 0 aliphatic heterocycles. The highest BCUT2D eigenvalue weighted by molar-refractivity contribution is 6.67. The Morgan fingerprint density at radius 3 is 2.60 bits per heavy atom. The van der Waals surface area contributed by atoms with Crippen molar-refractivity contribution in [3.05, 3.63) is 42.3 Å². The van der Waals surface area contributed by atoms with Crippen LogP contribution < -0.4 is 0 Å². The summed E-state index contributed by atoms with van der Waals surface area (Å²) in [5, 5.41) is -0.439. The van der Waals surface area contributed by atoms with Crippen LogP contribution in [0.4, 0.5) is 0 Å². The van der Waals surface area contributed by atoms with Crippen molar-refractivity contribution in [1.82, 2.24) is 0 Å². The lowest BCUT2D eigenvalue weighted by Crippen LogP contribution is -1.87. The normalized spacial score (nSPS) is 9.40. The molecule has 1 aromatic rings. The first-order valence-electron chi connectivity index (χ1n) is 2.82. The molecule has 10 heavy (non-hydrogen) atoms. The molecule has 0 atom stereocenters. The topological polar surface area (TPSA) is 17.1 Å². The second kappa shape index (κ2) is 2.84. The Bertz CT molecular complexity index is 255. The van der Waals surface area contributed by atoms with Gasteiger partial charge in [0.1, 0.15) is 0 Å². The number of carbonyl (C=O) groups excluding carboxylic acids is 1. The fourth-order valence-corrected chi connectivity index (χ4v) is 0.811. The van der Waals surface area contributed by atoms with Crippen LogP contribution in [0, 0.1) is 6.92 Å². The van der Waals surface area contributed by atoms with E-state index < -0.39 is 5.24 Å². The van der Waals surface area contributed by atoms with Crippen LogP contribution in [0.15, 0.2) is 24.3 Å². The van der Waals surface area contributed by atoms with Gasteiger partial charge >= 0.3 is 0 Å². The molecule has 0 aliphatic carbocycles. The van der Waals surface area contributed by atoms with Crippen molar-refractivity contribution in [2.75, 3.05) is 0 Å². The molecule has 0 spiro atoms. The van der Waals surface area contributed by atoms with Gasteiger partial charge in [-0.3, -0.25) is 4.79 Å². The molecule has 0 saturated carbocycles. The van der Waals surface area contributed by atoms with Gasteiger partial charge in [0.2, 0.25) is 0 Å². The van der Waals surface area contributed by atoms with Crippen LogP contribution in [0.2, 0.25) is 0 Å². The second-order valence-corrected chi connectivity index (χ2v) is 2.32. The van der Waals surface area contributed by atoms with Gasteiger partial charge in [0.05, 0.1) is 0 Å². The molecule has 1 nitrogen and oxygen atoms in total. The third-order valence-corrected chi connectivity index (χ3v) is 1.37. The fourth-order valence-electron chi connectivity index (χ4n) is 0.694. The summed E-state index contributed by atoms with van der Waals surface area (Å²) in [6, 6.07) is 6.86. The summed E-state index contributed by atoms with van der Waals surface area (Å²) in [6.45, 7) is 3.65. The van der Waals surface area contributed by atoms with Gasteiger partial charge in [-0.15, -0.1) is 0 Å². The maximum atomic E-state index is 10.5. The Morgan fingerprint density at radius 2 is 2.20 bits per heavy atom. The molecular weight excluding hydrogens is 148 g/mol. The van der Waals surface area contributed by atoms with E-state index in [0.29, 0.717) is 5.56 Å². The first-order chi connectivity index (χ1) is 4.70. The number of rotatable bonds is 1. The maximum Gasteiger partial charge on any atom is 0.252 e. The minimum Gasteiger partial charge on any atom is -0.276 e. The summed E-state index contributed by atoms with van der Waals surface area (Å²) in [7, 11) is 0. The Morgan fingerprint density at radius 1 is 1.50 bits per heavy atom. The third-order valence-electron chi connectivity index (χ3n) is 1.15. The standard InChI is InChI=1S/C8H6ClO/c1-6-3-2-4-7(5-6)8(9)10/h2-5H,1H2. The van der Waals surface area contributed by atoms with Gasteiger partial charge in [-0.2, -0.15) is 0 Å². The van der Waals surface area contributed by atoms with E-state index in [4.69, 9.17) is 11.6 Å². The molecule has 0 heterocycles. The first kappa shape index (κ1) is 7.29. The van der Waals surface area contributed by atoms with E-state index in [0.717, 1.165) is 5.56 Å². The van der Waals surface area contributed by atoms with E-state index in [-0.39, 0.29) is 0 Å². The molecule has 0 unspecified atom stereocenters. The maximum absolute atomic E-state index is 10.5. The summed E-state index contributed by atoms with van der Waals surface area (Å²) in [5.74, 6) is 0. The molecule has 0 bridgehead atoms. The molecule has 0 N–H and O–H groups in total. The van der Waals surface area contributed by atoms with Gasteiger partial charge < -0.3 is 0 Å². The Hall–Kier alpha value is -0.820. The van der Waals surface area contributed by atoms with Crippen molar-refractivity contribution in [1.29, 1.82) is 0 Å². The van der Waals surface area contributed by atoms with Crippen molar-refractivity contribution >= 4 is 16.8 Å². The molecule has 0 amide bonds. The van der Waals surface area contributed by atoms with Gasteiger partial charge in [-0.1, -0.05) is 18.2 Å². The average molecular weight is 154 g/mol. The monoisotopic (exact) mass is 153 g/mol. The van der Waals surface area contributed by atoms with E-state index in [9.17, 15) is 4.79 Å². The zero-order chi connectivity index (χ0) is 7.56. The van der Waals surface area contributed by atoms with Crippen LogP contribution >= 0.6 is 11.6 Å². The van der Waals surface area contributed by atoms with Crippen LogP contribution in [-0.4, -0.2) is 5.24 Å². The zero-order valence-corrected chi connectivity index (χ0v) is 6.06. The van der Waals surface area contributed by atoms with Crippen molar-refractivity contribution in [3.63, 3.8) is 0 Å². The van der Waals surface area contributed by atoms with Crippen LogP contribution in [0.5, 0.6) is 0 Å². The number of hydrogen-bond donors (Lipinski definition) is 0. The Kier molecular flexibility index (Phi) is 2.07. The third kappa shape index (κ3) is 1.58. The van der Waals surface area contributed by atoms with Gasteiger partial charge in [-0.05, 0) is 30.2 Å². The molecule has 0 saturated heterocycles. The lowest BCUT2D eigenvalue weighted by molar-refractivity contribution is 0.108. The van der Waals surface area contributed by atoms with Crippen LogP contribution in [0.3, 0.4) is 0 Å². The van der Waals surface area contributed by atoms with Crippen LogP contribution in [0.1, 0.15) is 15.9 Å². The molecule has 51 valence electrons. The van der Waals surface area contributed by atoms with E-state index in [2.05, 4.69) is 6.92 Å². The summed E-state index contributed by atoms with van der Waals surface area (Å²) in [5.41, 5.74) is 1.29. The molecule has 2 heteroatoms. The van der Waals surface area contributed by atoms with Crippen LogP contribution in [0.25, 0.3) is 0 Å². The molecule has 0 aliphatic rings. The second-order valence-electron chi connectivity index (χ2n) is 1.97. The first-order valence-corrected chi connectivity index (χ1v) is 3.20. The molecular formula is C8H6ClO. The van der Waals surface area contributed by atoms with Crippen molar-refractivity contribution < 1.29 is 4.79 Å². The molecule has 1 rings (SSSR count). The smallest absolute Gasteiger partial charge is 0.252 e. The van der Waals surface area contributed by atoms with Gasteiger partial charge in [-0.25, -0.2) is 0 Å². The predicted molar refractivity (Wildman–Crippen MR) is 41.1 cm³/mol. The molecule has 1 aromatic carbocycles. The summed E-state index contributed by atoms with van der Waals surface area (Å²) in [6.07, 6.45) is 0. The van der Waals surface area contributed by atoms with Crippen molar-refractivity contribution in [2.45, 2.75) is 0 Å².